The molecule has 2 aromatic heterocycles. The second-order valence-electron chi connectivity index (χ2n) is 6.36. The Morgan fingerprint density at radius 1 is 1.18 bits per heavy atom. The maximum Gasteiger partial charge on any atom is 0.260 e. The van der Waals surface area contributed by atoms with Gasteiger partial charge in [0.25, 0.3) is 5.91 Å². The van der Waals surface area contributed by atoms with E-state index in [2.05, 4.69) is 25.2 Å². The molecule has 0 spiro atoms. The number of anilines is 1. The Kier molecular flexibility index (Phi) is 5.00. The third-order valence-electron chi connectivity index (χ3n) is 4.70. The van der Waals surface area contributed by atoms with Crippen LogP contribution in [0.5, 0.6) is 5.75 Å². The minimum atomic E-state index is -0.479. The van der Waals surface area contributed by atoms with E-state index in [1.54, 1.807) is 21.7 Å². The van der Waals surface area contributed by atoms with Gasteiger partial charge < -0.3 is 14.5 Å². The van der Waals surface area contributed by atoms with E-state index < -0.39 is 5.82 Å². The van der Waals surface area contributed by atoms with E-state index in [0.717, 1.165) is 5.82 Å². The molecule has 28 heavy (non-hydrogen) atoms. The number of nitrogens with zero attached hydrogens (tertiary/aromatic N) is 7. The Bertz CT molecular complexity index is 985. The minimum Gasteiger partial charge on any atom is -0.481 e. The van der Waals surface area contributed by atoms with Gasteiger partial charge in [0.2, 0.25) is 0 Å². The van der Waals surface area contributed by atoms with E-state index in [-0.39, 0.29) is 18.3 Å². The van der Waals surface area contributed by atoms with Crippen LogP contribution in [0.15, 0.2) is 30.6 Å². The summed E-state index contributed by atoms with van der Waals surface area (Å²) in [7, 11) is 0. The van der Waals surface area contributed by atoms with Crippen molar-refractivity contribution in [3.63, 3.8) is 0 Å². The number of aromatic nitrogens is 5. The quantitative estimate of drug-likeness (QED) is 0.650. The standard InChI is InChI=1S/C18H20FN7O2/c1-2-26-18-16(22-23-26)17(20-12-21-18)25-9-7-24(8-10-25)15(27)11-28-14-6-4-3-5-13(14)19/h3-6,12H,2,7-11H2,1H3. The molecule has 10 heteroatoms. The molecular weight excluding hydrogens is 365 g/mol. The van der Waals surface area contributed by atoms with Crippen molar-refractivity contribution in [2.24, 2.45) is 0 Å². The normalized spacial score (nSPS) is 14.5. The van der Waals surface area contributed by atoms with E-state index in [1.165, 1.54) is 18.5 Å². The van der Waals surface area contributed by atoms with Crippen LogP contribution in [0, 0.1) is 5.82 Å². The summed E-state index contributed by atoms with van der Waals surface area (Å²) in [5.41, 5.74) is 1.36. The molecule has 0 saturated carbocycles. The summed E-state index contributed by atoms with van der Waals surface area (Å²) in [4.78, 5) is 24.8. The number of benzene rings is 1. The highest BCUT2D eigenvalue weighted by Crippen LogP contribution is 2.22. The van der Waals surface area contributed by atoms with E-state index >= 15 is 0 Å². The molecule has 0 aliphatic carbocycles. The summed E-state index contributed by atoms with van der Waals surface area (Å²) < 4.78 is 20.6. The molecule has 0 unspecified atom stereocenters. The Labute approximate surface area is 160 Å². The highest BCUT2D eigenvalue weighted by Gasteiger charge is 2.25. The molecule has 3 heterocycles. The van der Waals surface area contributed by atoms with Gasteiger partial charge in [-0.3, -0.25) is 4.79 Å². The molecule has 146 valence electrons. The molecule has 1 saturated heterocycles. The van der Waals surface area contributed by atoms with Crippen LogP contribution in [0.4, 0.5) is 10.2 Å². The first kappa shape index (κ1) is 18.1. The fourth-order valence-electron chi connectivity index (χ4n) is 3.18. The van der Waals surface area contributed by atoms with Crippen molar-refractivity contribution in [3.8, 4) is 5.75 Å². The maximum atomic E-state index is 13.6. The maximum absolute atomic E-state index is 13.6. The van der Waals surface area contributed by atoms with Gasteiger partial charge in [-0.25, -0.2) is 19.0 Å². The lowest BCUT2D eigenvalue weighted by atomic mass is 10.3. The Hall–Kier alpha value is -3.30. The van der Waals surface area contributed by atoms with Crippen LogP contribution in [0.3, 0.4) is 0 Å². The van der Waals surface area contributed by atoms with Crippen molar-refractivity contribution in [1.82, 2.24) is 29.9 Å². The van der Waals surface area contributed by atoms with Crippen LogP contribution in [0.25, 0.3) is 11.2 Å². The minimum absolute atomic E-state index is 0.0804. The number of ether oxygens (including phenoxy) is 1. The summed E-state index contributed by atoms with van der Waals surface area (Å²) in [5.74, 6) is 0.150. The zero-order chi connectivity index (χ0) is 19.5. The average molecular weight is 385 g/mol. The van der Waals surface area contributed by atoms with E-state index in [1.807, 2.05) is 6.92 Å². The first-order valence-corrected chi connectivity index (χ1v) is 9.11. The largest absolute Gasteiger partial charge is 0.481 e. The molecular formula is C18H20FN7O2. The van der Waals surface area contributed by atoms with Gasteiger partial charge >= 0.3 is 0 Å². The molecule has 1 aromatic carbocycles. The topological polar surface area (TPSA) is 89.3 Å². The molecule has 1 amide bonds. The van der Waals surface area contributed by atoms with Crippen molar-refractivity contribution in [2.45, 2.75) is 13.5 Å². The number of hydrogen-bond donors (Lipinski definition) is 0. The lowest BCUT2D eigenvalue weighted by Gasteiger charge is -2.35. The van der Waals surface area contributed by atoms with E-state index in [0.29, 0.717) is 43.9 Å². The number of para-hydroxylation sites is 1. The van der Waals surface area contributed by atoms with Crippen LogP contribution >= 0.6 is 0 Å². The number of amides is 1. The zero-order valence-electron chi connectivity index (χ0n) is 15.5. The van der Waals surface area contributed by atoms with Gasteiger partial charge in [0.15, 0.2) is 35.2 Å². The predicted molar refractivity (Wildman–Crippen MR) is 99.5 cm³/mol. The first-order valence-electron chi connectivity index (χ1n) is 9.11. The van der Waals surface area contributed by atoms with Crippen LogP contribution < -0.4 is 9.64 Å². The fourth-order valence-corrected chi connectivity index (χ4v) is 3.18. The lowest BCUT2D eigenvalue weighted by Crippen LogP contribution is -2.50. The highest BCUT2D eigenvalue weighted by atomic mass is 19.1. The van der Waals surface area contributed by atoms with Gasteiger partial charge in [0, 0.05) is 32.7 Å². The van der Waals surface area contributed by atoms with Crippen molar-refractivity contribution >= 4 is 22.9 Å². The molecule has 0 atom stereocenters. The van der Waals surface area contributed by atoms with E-state index in [4.69, 9.17) is 4.74 Å². The zero-order valence-corrected chi connectivity index (χ0v) is 15.5. The number of piperazine rings is 1. The number of rotatable bonds is 5. The molecule has 3 aromatic rings. The second-order valence-corrected chi connectivity index (χ2v) is 6.36. The van der Waals surface area contributed by atoms with Crippen molar-refractivity contribution in [3.05, 3.63) is 36.4 Å². The summed E-state index contributed by atoms with van der Waals surface area (Å²) >= 11 is 0. The molecule has 1 aliphatic heterocycles. The number of fused-ring (bicyclic) bond motifs is 1. The predicted octanol–water partition coefficient (Wildman–Crippen LogP) is 1.11. The van der Waals surface area contributed by atoms with Gasteiger partial charge in [-0.2, -0.15) is 0 Å². The summed E-state index contributed by atoms with van der Waals surface area (Å²) in [6.07, 6.45) is 1.51. The summed E-state index contributed by atoms with van der Waals surface area (Å²) in [5, 5.41) is 8.30. The van der Waals surface area contributed by atoms with Gasteiger partial charge in [-0.05, 0) is 19.1 Å². The van der Waals surface area contributed by atoms with Crippen LogP contribution in [-0.4, -0.2) is 68.6 Å². The molecule has 4 rings (SSSR count). The smallest absolute Gasteiger partial charge is 0.260 e. The van der Waals surface area contributed by atoms with Crippen molar-refractivity contribution in [1.29, 1.82) is 0 Å². The number of carbonyl (C=O) groups excluding carboxylic acids is 1. The summed E-state index contributed by atoms with van der Waals surface area (Å²) in [6, 6.07) is 6.05. The molecule has 1 aliphatic rings. The molecule has 9 nitrogen and oxygen atoms in total. The van der Waals surface area contributed by atoms with Gasteiger partial charge in [-0.1, -0.05) is 17.3 Å². The molecule has 0 radical (unpaired) electrons. The fraction of sp³-hybridized carbons (Fsp3) is 0.389. The third kappa shape index (κ3) is 3.45. The molecule has 1 fully saturated rings. The number of halogens is 1. The third-order valence-corrected chi connectivity index (χ3v) is 4.70. The van der Waals surface area contributed by atoms with Gasteiger partial charge in [0.1, 0.15) is 6.33 Å². The molecule has 0 bridgehead atoms. The Morgan fingerprint density at radius 3 is 2.71 bits per heavy atom. The van der Waals surface area contributed by atoms with E-state index in [9.17, 15) is 9.18 Å². The highest BCUT2D eigenvalue weighted by molar-refractivity contribution is 5.83. The van der Waals surface area contributed by atoms with Gasteiger partial charge in [-0.15, -0.1) is 5.10 Å². The number of hydrogen-bond acceptors (Lipinski definition) is 7. The first-order chi connectivity index (χ1) is 13.7. The van der Waals surface area contributed by atoms with Crippen molar-refractivity contribution < 1.29 is 13.9 Å². The Balaban J connectivity index is 1.38. The summed E-state index contributed by atoms with van der Waals surface area (Å²) in [6.45, 7) is 4.72. The number of aryl methyl sites for hydroxylation is 1. The van der Waals surface area contributed by atoms with Crippen molar-refractivity contribution in [2.75, 3.05) is 37.7 Å². The second kappa shape index (κ2) is 7.75. The number of carbonyl (C=O) groups is 1. The SMILES string of the molecule is CCn1nnc2c(N3CCN(C(=O)COc4ccccc4F)CC3)ncnc21. The monoisotopic (exact) mass is 385 g/mol. The Morgan fingerprint density at radius 2 is 1.96 bits per heavy atom. The average Bonchev–Trinajstić information content (AvgIpc) is 3.16. The van der Waals surface area contributed by atoms with Crippen LogP contribution in [-0.2, 0) is 11.3 Å². The van der Waals surface area contributed by atoms with Crippen LogP contribution in [0.1, 0.15) is 6.92 Å². The molecule has 0 N–H and O–H groups in total. The van der Waals surface area contributed by atoms with Crippen LogP contribution in [0.2, 0.25) is 0 Å². The van der Waals surface area contributed by atoms with Gasteiger partial charge in [0.05, 0.1) is 0 Å². The lowest BCUT2D eigenvalue weighted by molar-refractivity contribution is -0.133.